The molecule has 0 fully saturated rings. The molecular weight excluding hydrogens is 576 g/mol. The molecule has 0 unspecified atom stereocenters. The van der Waals surface area contributed by atoms with E-state index in [9.17, 15) is 0 Å². The van der Waals surface area contributed by atoms with Gasteiger partial charge in [-0.05, 0) is 35.0 Å². The molecule has 4 aromatic carbocycles. The summed E-state index contributed by atoms with van der Waals surface area (Å²) < 4.78 is 0. The topological polar surface area (TPSA) is 29.0 Å². The average Bonchev–Trinajstić information content (AvgIpc) is 3.52. The molecule has 38 heavy (non-hydrogen) atoms. The minimum atomic E-state index is -0.0709. The molecule has 4 heterocycles. The molecule has 0 amide bonds. The fourth-order valence-corrected chi connectivity index (χ4v) is 6.33. The van der Waals surface area contributed by atoms with Crippen LogP contribution in [0.25, 0.3) is 44.1 Å². The van der Waals surface area contributed by atoms with E-state index in [0.717, 1.165) is 32.8 Å². The van der Waals surface area contributed by atoms with Crippen molar-refractivity contribution in [3.8, 4) is 44.1 Å². The van der Waals surface area contributed by atoms with Crippen LogP contribution in [-0.4, -0.2) is 16.8 Å². The Morgan fingerprint density at radius 2 is 1.24 bits per heavy atom. The zero-order valence-electron chi connectivity index (χ0n) is 20.0. The zero-order valence-corrected chi connectivity index (χ0v) is 22.4. The summed E-state index contributed by atoms with van der Waals surface area (Å²) in [6, 6.07) is 39.8. The molecule has 2 aromatic heterocycles. The number of hydrogen-bond donors (Lipinski definition) is 0. The number of pyridine rings is 1. The molecule has 3 nitrogen and oxygen atoms in total. The van der Waals surface area contributed by atoms with Crippen molar-refractivity contribution in [1.29, 1.82) is 0 Å². The van der Waals surface area contributed by atoms with Crippen LogP contribution in [0, 0.1) is 12.1 Å². The molecule has 8 rings (SSSR count). The van der Waals surface area contributed by atoms with Gasteiger partial charge in [-0.3, -0.25) is 4.98 Å². The van der Waals surface area contributed by atoms with Crippen molar-refractivity contribution in [3.63, 3.8) is 0 Å². The smallest absolute Gasteiger partial charge is 0.380 e. The molecule has 0 radical (unpaired) electrons. The van der Waals surface area contributed by atoms with Crippen LogP contribution in [0.15, 0.2) is 109 Å². The fraction of sp³-hybridized carbons (Fsp3) is 0. The van der Waals surface area contributed by atoms with E-state index >= 15 is 0 Å². The zero-order chi connectivity index (χ0) is 24.3. The van der Waals surface area contributed by atoms with E-state index in [0.29, 0.717) is 0 Å². The van der Waals surface area contributed by atoms with Gasteiger partial charge in [-0.1, -0.05) is 48.5 Å². The van der Waals surface area contributed by atoms with Crippen molar-refractivity contribution >= 4 is 40.5 Å². The van der Waals surface area contributed by atoms with E-state index in [1.807, 2.05) is 36.0 Å². The summed E-state index contributed by atoms with van der Waals surface area (Å²) in [5, 5.41) is 3.00. The van der Waals surface area contributed by atoms with E-state index in [4.69, 9.17) is 0 Å². The third-order valence-corrected chi connectivity index (χ3v) is 8.07. The molecule has 6 heteroatoms. The van der Waals surface area contributed by atoms with Crippen molar-refractivity contribution in [1.82, 2.24) is 9.97 Å². The molecule has 0 bridgehead atoms. The minimum absolute atomic E-state index is 0. The number of hydrogen-bond acceptors (Lipinski definition) is 4. The maximum absolute atomic E-state index is 4.61. The largest absolute Gasteiger partial charge is 2.00 e. The standard InChI is InChI=1S/C32H18BN3S.Pd/c1-3-10-30-25(7-1)23-14-12-21(29-9-5-6-16-34-29)19-27(23)33-28-20-22(32-35-17-18-37-32)13-15-24(28)26-8-2-4-11-31(26)36(30)33;/h1-18H;/q-2;+2. The SMILES string of the molecule is [Pd+2].[c-]1c(-c2ccccn2)ccc2c1B1c3[c-]c(-c4nccs4)ccc3-c3ccccc3N1c1ccccc1-2. The van der Waals surface area contributed by atoms with Crippen LogP contribution in [0.3, 0.4) is 0 Å². The molecule has 0 aliphatic carbocycles. The number of rotatable bonds is 2. The third-order valence-electron chi connectivity index (χ3n) is 7.27. The first kappa shape index (κ1) is 23.3. The van der Waals surface area contributed by atoms with E-state index < -0.39 is 0 Å². The van der Waals surface area contributed by atoms with Gasteiger partial charge in [0.05, 0.1) is 0 Å². The number of anilines is 2. The van der Waals surface area contributed by atoms with Gasteiger partial charge in [-0.15, -0.1) is 69.6 Å². The van der Waals surface area contributed by atoms with Crippen LogP contribution in [-0.2, 0) is 20.4 Å². The Morgan fingerprint density at radius 3 is 1.87 bits per heavy atom. The van der Waals surface area contributed by atoms with Crippen LogP contribution in [0.1, 0.15) is 0 Å². The van der Waals surface area contributed by atoms with Crippen molar-refractivity contribution in [2.45, 2.75) is 0 Å². The van der Waals surface area contributed by atoms with E-state index in [1.165, 1.54) is 33.6 Å². The van der Waals surface area contributed by atoms with Crippen LogP contribution in [0.5, 0.6) is 0 Å². The predicted octanol–water partition coefficient (Wildman–Crippen LogP) is 6.37. The summed E-state index contributed by atoms with van der Waals surface area (Å²) in [5.41, 5.74) is 12.5. The molecule has 6 aromatic rings. The first-order valence-electron chi connectivity index (χ1n) is 12.3. The Bertz CT molecular complexity index is 1800. The normalized spacial score (nSPS) is 12.4. The van der Waals surface area contributed by atoms with E-state index in [-0.39, 0.29) is 27.3 Å². The summed E-state index contributed by atoms with van der Waals surface area (Å²) in [4.78, 5) is 11.7. The summed E-state index contributed by atoms with van der Waals surface area (Å²) in [6.07, 6.45) is 3.69. The second-order valence-electron chi connectivity index (χ2n) is 9.26. The van der Waals surface area contributed by atoms with Crippen molar-refractivity contribution in [3.05, 3.63) is 121 Å². The van der Waals surface area contributed by atoms with Gasteiger partial charge in [-0.25, -0.2) is 0 Å². The quantitative estimate of drug-likeness (QED) is 0.173. The van der Waals surface area contributed by atoms with Crippen molar-refractivity contribution < 1.29 is 20.4 Å². The van der Waals surface area contributed by atoms with Gasteiger partial charge >= 0.3 is 20.4 Å². The van der Waals surface area contributed by atoms with Gasteiger partial charge < -0.3 is 9.79 Å². The Labute approximate surface area is 239 Å². The molecule has 0 atom stereocenters. The van der Waals surface area contributed by atoms with Gasteiger partial charge in [-0.2, -0.15) is 11.3 Å². The number of para-hydroxylation sites is 2. The predicted molar refractivity (Wildman–Crippen MR) is 153 cm³/mol. The number of thiazole rings is 1. The first-order valence-corrected chi connectivity index (χ1v) is 13.2. The molecule has 0 saturated carbocycles. The van der Waals surface area contributed by atoms with Crippen LogP contribution >= 0.6 is 11.3 Å². The molecule has 2 aliphatic rings. The van der Waals surface area contributed by atoms with Gasteiger partial charge in [0.15, 0.2) is 0 Å². The van der Waals surface area contributed by atoms with Crippen LogP contribution in [0.4, 0.5) is 11.4 Å². The number of fused-ring (bicyclic) bond motifs is 11. The maximum Gasteiger partial charge on any atom is 2.00 e. The van der Waals surface area contributed by atoms with E-state index in [1.54, 1.807) is 11.3 Å². The molecule has 2 aliphatic heterocycles. The van der Waals surface area contributed by atoms with Gasteiger partial charge in [0.1, 0.15) is 0 Å². The maximum atomic E-state index is 4.61. The summed E-state index contributed by atoms with van der Waals surface area (Å²) in [7, 11) is 0. The molecular formula is C32H18BN3PdS. The van der Waals surface area contributed by atoms with Crippen molar-refractivity contribution in [2.75, 3.05) is 4.81 Å². The number of nitrogens with zero attached hydrogens (tertiary/aromatic N) is 3. The second kappa shape index (κ2) is 9.18. The van der Waals surface area contributed by atoms with Gasteiger partial charge in [0.2, 0.25) is 0 Å². The molecule has 0 saturated heterocycles. The number of benzene rings is 4. The Morgan fingerprint density at radius 1 is 0.605 bits per heavy atom. The fourth-order valence-electron chi connectivity index (χ4n) is 5.71. The average molecular weight is 594 g/mol. The Balaban J connectivity index is 0.00000242. The summed E-state index contributed by atoms with van der Waals surface area (Å²) >= 11 is 1.64. The minimum Gasteiger partial charge on any atom is -0.380 e. The molecule has 180 valence electrons. The molecule has 0 spiro atoms. The third kappa shape index (κ3) is 3.46. The van der Waals surface area contributed by atoms with E-state index in [2.05, 4.69) is 99.7 Å². The Hall–Kier alpha value is -3.81. The van der Waals surface area contributed by atoms with Crippen LogP contribution < -0.4 is 15.7 Å². The Kier molecular flexibility index (Phi) is 5.63. The molecule has 0 N–H and O–H groups in total. The van der Waals surface area contributed by atoms with Crippen LogP contribution in [0.2, 0.25) is 0 Å². The van der Waals surface area contributed by atoms with Gasteiger partial charge in [0.25, 0.3) is 6.85 Å². The first-order chi connectivity index (χ1) is 18.4. The summed E-state index contributed by atoms with van der Waals surface area (Å²) in [6.45, 7) is -0.0709. The summed E-state index contributed by atoms with van der Waals surface area (Å²) in [5.74, 6) is 0. The number of aromatic nitrogens is 2. The van der Waals surface area contributed by atoms with Crippen molar-refractivity contribution in [2.24, 2.45) is 0 Å². The monoisotopic (exact) mass is 593 g/mol. The second-order valence-corrected chi connectivity index (χ2v) is 10.2. The van der Waals surface area contributed by atoms with Gasteiger partial charge in [0, 0.05) is 34.2 Å².